The lowest BCUT2D eigenvalue weighted by molar-refractivity contribution is 0.335. The zero-order valence-corrected chi connectivity index (χ0v) is 14.9. The van der Waals surface area contributed by atoms with Gasteiger partial charge in [-0.15, -0.1) is 11.3 Å². The Balaban J connectivity index is 1.71. The summed E-state index contributed by atoms with van der Waals surface area (Å²) >= 11 is 1.79. The SMILES string of the molecule is CCOc1ccc(CNC(C)c2cccs2)cc1Cn1ccnc1. The number of benzene rings is 1. The van der Waals surface area contributed by atoms with E-state index in [1.165, 1.54) is 16.0 Å². The van der Waals surface area contributed by atoms with Gasteiger partial charge in [0.1, 0.15) is 5.75 Å². The van der Waals surface area contributed by atoms with Gasteiger partial charge in [0.15, 0.2) is 0 Å². The minimum Gasteiger partial charge on any atom is -0.494 e. The Morgan fingerprint density at radius 2 is 2.25 bits per heavy atom. The maximum Gasteiger partial charge on any atom is 0.124 e. The van der Waals surface area contributed by atoms with Gasteiger partial charge in [-0.05, 0) is 43.0 Å². The highest BCUT2D eigenvalue weighted by Crippen LogP contribution is 2.23. The first-order valence-corrected chi connectivity index (χ1v) is 9.11. The zero-order valence-electron chi connectivity index (χ0n) is 14.1. The fourth-order valence-corrected chi connectivity index (χ4v) is 3.41. The molecular formula is C19H23N3OS. The quantitative estimate of drug-likeness (QED) is 0.666. The molecule has 0 radical (unpaired) electrons. The molecule has 1 aromatic carbocycles. The summed E-state index contributed by atoms with van der Waals surface area (Å²) in [6.07, 6.45) is 5.60. The molecule has 4 nitrogen and oxygen atoms in total. The van der Waals surface area contributed by atoms with Crippen molar-refractivity contribution in [3.8, 4) is 5.75 Å². The van der Waals surface area contributed by atoms with Gasteiger partial charge in [0.05, 0.1) is 19.5 Å². The second-order valence-electron chi connectivity index (χ2n) is 5.73. The molecule has 0 bridgehead atoms. The minimum absolute atomic E-state index is 0.355. The maximum absolute atomic E-state index is 5.77. The highest BCUT2D eigenvalue weighted by Gasteiger charge is 2.09. The molecule has 0 aliphatic carbocycles. The van der Waals surface area contributed by atoms with Gasteiger partial charge in [0.25, 0.3) is 0 Å². The Kier molecular flexibility index (Phi) is 5.67. The molecule has 126 valence electrons. The van der Waals surface area contributed by atoms with Crippen molar-refractivity contribution in [1.82, 2.24) is 14.9 Å². The average molecular weight is 341 g/mol. The Hall–Kier alpha value is -2.11. The number of thiophene rings is 1. The van der Waals surface area contributed by atoms with Gasteiger partial charge in [-0.2, -0.15) is 0 Å². The summed E-state index contributed by atoms with van der Waals surface area (Å²) in [6.45, 7) is 6.49. The molecule has 0 saturated heterocycles. The predicted octanol–water partition coefficient (Wildman–Crippen LogP) is 4.24. The minimum atomic E-state index is 0.355. The number of nitrogens with one attached hydrogen (secondary N) is 1. The Morgan fingerprint density at radius 3 is 2.96 bits per heavy atom. The Labute approximate surface area is 147 Å². The van der Waals surface area contributed by atoms with Crippen LogP contribution in [0.25, 0.3) is 0 Å². The van der Waals surface area contributed by atoms with E-state index in [0.717, 1.165) is 18.8 Å². The summed E-state index contributed by atoms with van der Waals surface area (Å²) in [6, 6.07) is 11.1. The Bertz CT molecular complexity index is 738. The van der Waals surface area contributed by atoms with E-state index in [-0.39, 0.29) is 0 Å². The standard InChI is InChI=1S/C19H23N3OS/c1-3-23-18-7-6-16(11-17(18)13-22-9-8-20-14-22)12-21-15(2)19-5-4-10-24-19/h4-11,14-15,21H,3,12-13H2,1-2H3. The van der Waals surface area contributed by atoms with Crippen molar-refractivity contribution in [2.75, 3.05) is 6.61 Å². The lowest BCUT2D eigenvalue weighted by atomic mass is 10.1. The van der Waals surface area contributed by atoms with Crippen LogP contribution in [0.1, 0.15) is 35.9 Å². The molecule has 0 aliphatic heterocycles. The van der Waals surface area contributed by atoms with Crippen LogP contribution in [0, 0.1) is 0 Å². The molecule has 2 aromatic heterocycles. The molecule has 0 saturated carbocycles. The number of rotatable bonds is 8. The average Bonchev–Trinajstić information content (AvgIpc) is 3.28. The van der Waals surface area contributed by atoms with Gasteiger partial charge in [-0.3, -0.25) is 0 Å². The first-order chi connectivity index (χ1) is 11.8. The van der Waals surface area contributed by atoms with Gasteiger partial charge in [-0.1, -0.05) is 12.1 Å². The molecule has 5 heteroatoms. The molecule has 0 amide bonds. The first-order valence-electron chi connectivity index (χ1n) is 8.23. The van der Waals surface area contributed by atoms with E-state index in [0.29, 0.717) is 12.6 Å². The van der Waals surface area contributed by atoms with E-state index in [4.69, 9.17) is 4.74 Å². The molecule has 3 aromatic rings. The van der Waals surface area contributed by atoms with Crippen molar-refractivity contribution >= 4 is 11.3 Å². The third-order valence-electron chi connectivity index (χ3n) is 3.92. The maximum atomic E-state index is 5.77. The topological polar surface area (TPSA) is 39.1 Å². The molecule has 1 atom stereocenters. The van der Waals surface area contributed by atoms with Crippen LogP contribution in [-0.2, 0) is 13.1 Å². The van der Waals surface area contributed by atoms with E-state index in [1.807, 2.05) is 19.4 Å². The lowest BCUT2D eigenvalue weighted by Crippen LogP contribution is -2.17. The van der Waals surface area contributed by atoms with Crippen molar-refractivity contribution in [3.63, 3.8) is 0 Å². The molecule has 3 rings (SSSR count). The van der Waals surface area contributed by atoms with Gasteiger partial charge < -0.3 is 14.6 Å². The summed E-state index contributed by atoms with van der Waals surface area (Å²) in [4.78, 5) is 5.48. The predicted molar refractivity (Wildman–Crippen MR) is 98.5 cm³/mol. The molecule has 2 heterocycles. The van der Waals surface area contributed by atoms with Crippen molar-refractivity contribution in [2.24, 2.45) is 0 Å². The number of imidazole rings is 1. The monoisotopic (exact) mass is 341 g/mol. The van der Waals surface area contributed by atoms with Gasteiger partial charge >= 0.3 is 0 Å². The normalized spacial score (nSPS) is 12.2. The molecule has 0 spiro atoms. The van der Waals surface area contributed by atoms with Crippen LogP contribution < -0.4 is 10.1 Å². The van der Waals surface area contributed by atoms with Gasteiger partial charge in [0.2, 0.25) is 0 Å². The summed E-state index contributed by atoms with van der Waals surface area (Å²) in [5, 5.41) is 5.71. The number of hydrogen-bond acceptors (Lipinski definition) is 4. The molecule has 1 unspecified atom stereocenters. The molecular weight excluding hydrogens is 318 g/mol. The van der Waals surface area contributed by atoms with Crippen molar-refractivity contribution in [3.05, 3.63) is 70.4 Å². The van der Waals surface area contributed by atoms with Crippen LogP contribution in [0.4, 0.5) is 0 Å². The number of nitrogens with zero attached hydrogens (tertiary/aromatic N) is 2. The third kappa shape index (κ3) is 4.24. The van der Waals surface area contributed by atoms with Gasteiger partial charge in [-0.25, -0.2) is 4.98 Å². The van der Waals surface area contributed by atoms with Crippen molar-refractivity contribution in [2.45, 2.75) is 33.0 Å². The van der Waals surface area contributed by atoms with E-state index in [9.17, 15) is 0 Å². The van der Waals surface area contributed by atoms with E-state index < -0.39 is 0 Å². The first kappa shape index (κ1) is 16.7. The summed E-state index contributed by atoms with van der Waals surface area (Å²) in [7, 11) is 0. The number of hydrogen-bond donors (Lipinski definition) is 1. The third-order valence-corrected chi connectivity index (χ3v) is 4.97. The van der Waals surface area contributed by atoms with Crippen molar-refractivity contribution in [1.29, 1.82) is 0 Å². The summed E-state index contributed by atoms with van der Waals surface area (Å²) < 4.78 is 7.83. The van der Waals surface area contributed by atoms with E-state index >= 15 is 0 Å². The second kappa shape index (κ2) is 8.13. The summed E-state index contributed by atoms with van der Waals surface area (Å²) in [5.74, 6) is 0.946. The van der Waals surface area contributed by atoms with Crippen LogP contribution >= 0.6 is 11.3 Å². The second-order valence-corrected chi connectivity index (χ2v) is 6.71. The van der Waals surface area contributed by atoms with E-state index in [1.54, 1.807) is 17.5 Å². The molecule has 0 aliphatic rings. The smallest absolute Gasteiger partial charge is 0.124 e. The highest BCUT2D eigenvalue weighted by atomic mass is 32.1. The van der Waals surface area contributed by atoms with Crippen LogP contribution in [0.2, 0.25) is 0 Å². The largest absolute Gasteiger partial charge is 0.494 e. The number of aromatic nitrogens is 2. The van der Waals surface area contributed by atoms with Crippen LogP contribution in [0.3, 0.4) is 0 Å². The van der Waals surface area contributed by atoms with Crippen LogP contribution in [0.5, 0.6) is 5.75 Å². The fourth-order valence-electron chi connectivity index (χ4n) is 2.65. The van der Waals surface area contributed by atoms with Gasteiger partial charge in [0, 0.05) is 35.4 Å². The molecule has 0 fully saturated rings. The zero-order chi connectivity index (χ0) is 16.8. The lowest BCUT2D eigenvalue weighted by Gasteiger charge is -2.15. The fraction of sp³-hybridized carbons (Fsp3) is 0.316. The Morgan fingerprint density at radius 1 is 1.33 bits per heavy atom. The molecule has 24 heavy (non-hydrogen) atoms. The van der Waals surface area contributed by atoms with E-state index in [2.05, 4.69) is 57.5 Å². The molecule has 1 N–H and O–H groups in total. The summed E-state index contributed by atoms with van der Waals surface area (Å²) in [5.41, 5.74) is 2.44. The highest BCUT2D eigenvalue weighted by molar-refractivity contribution is 7.10. The van der Waals surface area contributed by atoms with Crippen molar-refractivity contribution < 1.29 is 4.74 Å². The van der Waals surface area contributed by atoms with Crippen LogP contribution in [0.15, 0.2) is 54.4 Å². The number of ether oxygens (including phenoxy) is 1. The van der Waals surface area contributed by atoms with Crippen LogP contribution in [-0.4, -0.2) is 16.2 Å².